The summed E-state index contributed by atoms with van der Waals surface area (Å²) < 4.78 is 91.5. The lowest BCUT2D eigenvalue weighted by atomic mass is 9.88. The molecule has 2 aliphatic rings. The summed E-state index contributed by atoms with van der Waals surface area (Å²) in [6.07, 6.45) is 2.94. The number of fused-ring (bicyclic) bond motifs is 1. The fraction of sp³-hybridized carbons (Fsp3) is 0.385. The average Bonchev–Trinajstić information content (AvgIpc) is 2.88. The van der Waals surface area contributed by atoms with Crippen LogP contribution in [0.3, 0.4) is 0 Å². The van der Waals surface area contributed by atoms with Crippen LogP contribution in [0.1, 0.15) is 48.2 Å². The van der Waals surface area contributed by atoms with Crippen LogP contribution in [0.15, 0.2) is 59.9 Å². The SMILES string of the molecule is O=S(=O)(Cc1ccncn1)c1cc2c(cc1F)[C@@H](N1CC[C@@H](OC(F)F)C[C@H]1c1ccc(F)cc1)CCO2. The second kappa shape index (κ2) is 11.0. The van der Waals surface area contributed by atoms with Crippen LogP contribution < -0.4 is 4.74 Å². The van der Waals surface area contributed by atoms with Crippen molar-refractivity contribution in [3.05, 3.63) is 83.4 Å². The lowest BCUT2D eigenvalue weighted by Gasteiger charge is -2.45. The number of benzene rings is 2. The van der Waals surface area contributed by atoms with E-state index in [1.807, 2.05) is 0 Å². The van der Waals surface area contributed by atoms with Crippen molar-refractivity contribution in [3.8, 4) is 5.75 Å². The van der Waals surface area contributed by atoms with Gasteiger partial charge >= 0.3 is 6.61 Å². The van der Waals surface area contributed by atoms with Crippen LogP contribution in [0.25, 0.3) is 0 Å². The van der Waals surface area contributed by atoms with Crippen LogP contribution in [0.4, 0.5) is 17.6 Å². The molecular formula is C26H25F4N3O4S. The maximum atomic E-state index is 15.4. The third kappa shape index (κ3) is 5.67. The minimum absolute atomic E-state index is 0.229. The number of sulfone groups is 1. The quantitative estimate of drug-likeness (QED) is 0.383. The van der Waals surface area contributed by atoms with Gasteiger partial charge in [-0.3, -0.25) is 4.90 Å². The zero-order valence-electron chi connectivity index (χ0n) is 20.1. The Labute approximate surface area is 217 Å². The molecule has 12 heteroatoms. The molecular weight excluding hydrogens is 526 g/mol. The molecule has 0 saturated carbocycles. The van der Waals surface area contributed by atoms with Gasteiger partial charge in [-0.25, -0.2) is 27.2 Å². The molecule has 3 aromatic rings. The fourth-order valence-corrected chi connectivity index (χ4v) is 6.59. The molecule has 1 saturated heterocycles. The Kier molecular flexibility index (Phi) is 7.64. The minimum Gasteiger partial charge on any atom is -0.493 e. The van der Waals surface area contributed by atoms with Gasteiger partial charge in [0.1, 0.15) is 28.6 Å². The van der Waals surface area contributed by atoms with Crippen LogP contribution in [0.5, 0.6) is 5.75 Å². The van der Waals surface area contributed by atoms with Crippen molar-refractivity contribution in [3.63, 3.8) is 0 Å². The highest BCUT2D eigenvalue weighted by Gasteiger charge is 2.39. The molecule has 0 bridgehead atoms. The minimum atomic E-state index is -4.08. The summed E-state index contributed by atoms with van der Waals surface area (Å²) in [4.78, 5) is 9.23. The van der Waals surface area contributed by atoms with Crippen molar-refractivity contribution < 1.29 is 35.5 Å². The largest absolute Gasteiger partial charge is 0.493 e. The molecule has 38 heavy (non-hydrogen) atoms. The highest BCUT2D eigenvalue weighted by Crippen LogP contribution is 2.45. The Morgan fingerprint density at radius 3 is 2.58 bits per heavy atom. The second-order valence-corrected chi connectivity index (χ2v) is 11.2. The second-order valence-electron chi connectivity index (χ2n) is 9.28. The number of alkyl halides is 2. The lowest BCUT2D eigenvalue weighted by molar-refractivity contribution is -0.180. The Balaban J connectivity index is 1.47. The molecule has 2 aromatic carbocycles. The van der Waals surface area contributed by atoms with E-state index in [0.717, 1.165) is 0 Å². The predicted molar refractivity (Wildman–Crippen MR) is 128 cm³/mol. The first kappa shape index (κ1) is 26.5. The number of aromatic nitrogens is 2. The first-order chi connectivity index (χ1) is 18.2. The van der Waals surface area contributed by atoms with Gasteiger partial charge in [0.25, 0.3) is 0 Å². The summed E-state index contributed by atoms with van der Waals surface area (Å²) in [6, 6.07) is 8.83. The monoisotopic (exact) mass is 551 g/mol. The third-order valence-corrected chi connectivity index (χ3v) is 8.59. The fourth-order valence-electron chi connectivity index (χ4n) is 5.24. The Morgan fingerprint density at radius 2 is 1.87 bits per heavy atom. The molecule has 0 unspecified atom stereocenters. The van der Waals surface area contributed by atoms with Gasteiger partial charge in [-0.15, -0.1) is 0 Å². The molecule has 0 N–H and O–H groups in total. The van der Waals surface area contributed by atoms with E-state index in [1.165, 1.54) is 42.9 Å². The molecule has 2 aliphatic heterocycles. The Morgan fingerprint density at radius 1 is 1.08 bits per heavy atom. The van der Waals surface area contributed by atoms with Gasteiger partial charge in [0, 0.05) is 42.9 Å². The number of halogens is 4. The number of likely N-dealkylation sites (tertiary alicyclic amines) is 1. The molecule has 3 heterocycles. The molecule has 0 spiro atoms. The van der Waals surface area contributed by atoms with Crippen LogP contribution in [0.2, 0.25) is 0 Å². The van der Waals surface area contributed by atoms with Crippen LogP contribution in [-0.4, -0.2) is 49.2 Å². The molecule has 0 radical (unpaired) electrons. The van der Waals surface area contributed by atoms with E-state index in [1.54, 1.807) is 12.1 Å². The van der Waals surface area contributed by atoms with Gasteiger partial charge in [-0.1, -0.05) is 12.1 Å². The number of hydrogen-bond acceptors (Lipinski definition) is 7. The summed E-state index contributed by atoms with van der Waals surface area (Å²) in [5.41, 5.74) is 1.41. The normalized spacial score (nSPS) is 22.2. The Bertz CT molecular complexity index is 1380. The maximum absolute atomic E-state index is 15.4. The summed E-state index contributed by atoms with van der Waals surface area (Å²) >= 11 is 0. The van der Waals surface area contributed by atoms with Crippen LogP contribution in [-0.2, 0) is 20.3 Å². The van der Waals surface area contributed by atoms with Crippen molar-refractivity contribution in [1.29, 1.82) is 0 Å². The van der Waals surface area contributed by atoms with E-state index in [2.05, 4.69) is 14.9 Å². The maximum Gasteiger partial charge on any atom is 0.345 e. The first-order valence-corrected chi connectivity index (χ1v) is 13.7. The van der Waals surface area contributed by atoms with Crippen molar-refractivity contribution in [2.45, 2.75) is 54.7 Å². The van der Waals surface area contributed by atoms with Gasteiger partial charge < -0.3 is 9.47 Å². The molecule has 0 aliphatic carbocycles. The predicted octanol–water partition coefficient (Wildman–Crippen LogP) is 5.00. The molecule has 5 rings (SSSR count). The third-order valence-electron chi connectivity index (χ3n) is 6.93. The highest BCUT2D eigenvalue weighted by atomic mass is 32.2. The topological polar surface area (TPSA) is 81.6 Å². The van der Waals surface area contributed by atoms with E-state index in [0.29, 0.717) is 30.5 Å². The van der Waals surface area contributed by atoms with Crippen LogP contribution in [0, 0.1) is 11.6 Å². The first-order valence-electron chi connectivity index (χ1n) is 12.1. The van der Waals surface area contributed by atoms with E-state index in [-0.39, 0.29) is 30.5 Å². The highest BCUT2D eigenvalue weighted by molar-refractivity contribution is 7.90. The number of nitrogens with zero attached hydrogens (tertiary/aromatic N) is 3. The zero-order valence-corrected chi connectivity index (χ0v) is 21.0. The standard InChI is InChI=1S/C26H25F4N3O4S/c27-17-3-1-16(2-4-17)23-11-19(37-26(29)30)6-9-33(23)22-7-10-36-24-13-25(21(28)12-20(22)24)38(34,35)14-18-5-8-31-15-32-18/h1-5,8,12-13,15,19,22-23,26H,6-7,9-11,14H2/t19-,22+,23+/m1/s1. The van der Waals surface area contributed by atoms with Gasteiger partial charge in [-0.2, -0.15) is 8.78 Å². The molecule has 7 nitrogen and oxygen atoms in total. The summed E-state index contributed by atoms with van der Waals surface area (Å²) in [6.45, 7) is -2.31. The summed E-state index contributed by atoms with van der Waals surface area (Å²) in [7, 11) is -4.08. The number of ether oxygens (including phenoxy) is 2. The molecule has 202 valence electrons. The van der Waals surface area contributed by atoms with Crippen LogP contribution >= 0.6 is 0 Å². The smallest absolute Gasteiger partial charge is 0.345 e. The average molecular weight is 552 g/mol. The van der Waals surface area contributed by atoms with Crippen molar-refractivity contribution in [2.75, 3.05) is 13.2 Å². The summed E-state index contributed by atoms with van der Waals surface area (Å²) in [5.74, 6) is -1.60. The lowest BCUT2D eigenvalue weighted by Crippen LogP contribution is -2.43. The molecule has 1 aromatic heterocycles. The zero-order chi connectivity index (χ0) is 26.9. The van der Waals surface area contributed by atoms with E-state index >= 15 is 4.39 Å². The molecule has 0 amide bonds. The number of rotatable bonds is 7. The summed E-state index contributed by atoms with van der Waals surface area (Å²) in [5, 5.41) is 0. The van der Waals surface area contributed by atoms with Gasteiger partial charge in [0.2, 0.25) is 0 Å². The number of piperidine rings is 1. The Hall–Kier alpha value is -3.09. The molecule has 3 atom stereocenters. The van der Waals surface area contributed by atoms with Gasteiger partial charge in [-0.05, 0) is 42.7 Å². The van der Waals surface area contributed by atoms with E-state index in [9.17, 15) is 21.6 Å². The number of hydrogen-bond donors (Lipinski definition) is 0. The van der Waals surface area contributed by atoms with Gasteiger partial charge in [0.05, 0.1) is 24.2 Å². The van der Waals surface area contributed by atoms with Crippen molar-refractivity contribution in [2.24, 2.45) is 0 Å². The van der Waals surface area contributed by atoms with Gasteiger partial charge in [0.15, 0.2) is 9.84 Å². The van der Waals surface area contributed by atoms with E-state index in [4.69, 9.17) is 9.47 Å². The van der Waals surface area contributed by atoms with E-state index < -0.39 is 50.9 Å². The molecule has 1 fully saturated rings. The van der Waals surface area contributed by atoms with Crippen molar-refractivity contribution in [1.82, 2.24) is 14.9 Å². The van der Waals surface area contributed by atoms with Crippen molar-refractivity contribution >= 4 is 9.84 Å².